The highest BCUT2D eigenvalue weighted by atomic mass is 32.2. The molecule has 3 aromatic carbocycles. The van der Waals surface area contributed by atoms with Gasteiger partial charge < -0.3 is 23.4 Å². The average molecular weight is 642 g/mol. The third-order valence-corrected chi connectivity index (χ3v) is 10.0. The van der Waals surface area contributed by atoms with Crippen LogP contribution in [0.4, 0.5) is 11.4 Å². The van der Waals surface area contributed by atoms with E-state index in [9.17, 15) is 18.0 Å². The second kappa shape index (κ2) is 13.1. The fraction of sp³-hybridized carbons (Fsp3) is 0.257. The molecule has 46 heavy (non-hydrogen) atoms. The Morgan fingerprint density at radius 3 is 2.37 bits per heavy atom. The minimum Gasteiger partial charge on any atom is -0.460 e. The zero-order valence-corrected chi connectivity index (χ0v) is 26.5. The summed E-state index contributed by atoms with van der Waals surface area (Å²) in [4.78, 5) is 29.3. The van der Waals surface area contributed by atoms with Crippen molar-refractivity contribution >= 4 is 44.2 Å². The third kappa shape index (κ3) is 6.10. The summed E-state index contributed by atoms with van der Waals surface area (Å²) < 4.78 is 46.8. The number of sulfonamides is 1. The maximum atomic E-state index is 14.6. The molecule has 0 spiro atoms. The molecule has 1 aliphatic heterocycles. The van der Waals surface area contributed by atoms with Crippen molar-refractivity contribution in [3.05, 3.63) is 114 Å². The molecule has 0 saturated carbocycles. The molecule has 10 nitrogen and oxygen atoms in total. The Morgan fingerprint density at radius 2 is 1.65 bits per heavy atom. The molecule has 1 saturated heterocycles. The van der Waals surface area contributed by atoms with Gasteiger partial charge in [-0.15, -0.1) is 0 Å². The van der Waals surface area contributed by atoms with Gasteiger partial charge in [-0.2, -0.15) is 0 Å². The number of benzene rings is 3. The first-order valence-corrected chi connectivity index (χ1v) is 16.7. The Morgan fingerprint density at radius 1 is 0.913 bits per heavy atom. The predicted molar refractivity (Wildman–Crippen MR) is 175 cm³/mol. The molecule has 11 heteroatoms. The molecule has 238 valence electrons. The summed E-state index contributed by atoms with van der Waals surface area (Å²) in [5.74, 6) is -0.403. The van der Waals surface area contributed by atoms with Crippen LogP contribution in [-0.2, 0) is 21.2 Å². The maximum Gasteiger partial charge on any atom is 0.374 e. The number of amides is 1. The standard InChI is InChI=1S/C35H35N3O7S/c1-3-43-35(40)33-25(2)28-24-27(15-16-31(28)45-33)46(41,42)38(18-17-26-10-5-4-6-11-26)30-13-8-7-12-29(30)36-19-21-37(22-20-36)34(39)32-14-9-23-44-32/h4-16,23-24H,3,17-22H2,1-2H3. The number of anilines is 2. The normalized spacial score (nSPS) is 13.6. The summed E-state index contributed by atoms with van der Waals surface area (Å²) in [6.45, 7) is 5.78. The number of fused-ring (bicyclic) bond motifs is 1. The van der Waals surface area contributed by atoms with Gasteiger partial charge in [-0.05, 0) is 68.3 Å². The molecule has 0 unspecified atom stereocenters. The van der Waals surface area contributed by atoms with E-state index in [4.69, 9.17) is 13.6 Å². The number of hydrogen-bond donors (Lipinski definition) is 0. The zero-order chi connectivity index (χ0) is 32.3. The van der Waals surface area contributed by atoms with Gasteiger partial charge >= 0.3 is 5.97 Å². The lowest BCUT2D eigenvalue weighted by Gasteiger charge is -2.38. The summed E-state index contributed by atoms with van der Waals surface area (Å²) in [6.07, 6.45) is 1.97. The molecule has 0 radical (unpaired) electrons. The number of esters is 1. The highest BCUT2D eigenvalue weighted by Gasteiger charge is 2.31. The second-order valence-corrected chi connectivity index (χ2v) is 12.9. The Balaban J connectivity index is 1.34. The highest BCUT2D eigenvalue weighted by molar-refractivity contribution is 7.92. The van der Waals surface area contributed by atoms with E-state index in [1.165, 1.54) is 16.6 Å². The third-order valence-electron chi connectivity index (χ3n) is 8.19. The lowest BCUT2D eigenvalue weighted by molar-refractivity contribution is 0.0491. The number of carbonyl (C=O) groups is 2. The van der Waals surface area contributed by atoms with Gasteiger partial charge in [0, 0.05) is 43.7 Å². The summed E-state index contributed by atoms with van der Waals surface area (Å²) >= 11 is 0. The van der Waals surface area contributed by atoms with Crippen LogP contribution in [0.25, 0.3) is 11.0 Å². The molecule has 0 atom stereocenters. The molecule has 0 aliphatic carbocycles. The van der Waals surface area contributed by atoms with Crippen LogP contribution in [0.1, 0.15) is 39.2 Å². The largest absolute Gasteiger partial charge is 0.460 e. The van der Waals surface area contributed by atoms with E-state index in [2.05, 4.69) is 4.90 Å². The number of aryl methyl sites for hydroxylation is 1. The molecule has 1 aliphatic rings. The fourth-order valence-electron chi connectivity index (χ4n) is 5.77. The van der Waals surface area contributed by atoms with Crippen molar-refractivity contribution in [3.63, 3.8) is 0 Å². The Kier molecular flexibility index (Phi) is 8.85. The minimum atomic E-state index is -4.10. The van der Waals surface area contributed by atoms with Crippen LogP contribution in [0.5, 0.6) is 0 Å². The van der Waals surface area contributed by atoms with E-state index in [0.717, 1.165) is 11.3 Å². The van der Waals surface area contributed by atoms with Crippen molar-refractivity contribution in [2.24, 2.45) is 0 Å². The molecule has 1 fully saturated rings. The van der Waals surface area contributed by atoms with Gasteiger partial charge in [0.15, 0.2) is 5.76 Å². The van der Waals surface area contributed by atoms with E-state index in [1.807, 2.05) is 54.6 Å². The molecule has 2 aromatic heterocycles. The van der Waals surface area contributed by atoms with Crippen molar-refractivity contribution in [3.8, 4) is 0 Å². The molecule has 0 bridgehead atoms. The lowest BCUT2D eigenvalue weighted by atomic mass is 10.1. The monoisotopic (exact) mass is 641 g/mol. The van der Waals surface area contributed by atoms with E-state index in [-0.39, 0.29) is 29.7 Å². The summed E-state index contributed by atoms with van der Waals surface area (Å²) in [5, 5.41) is 0.526. The average Bonchev–Trinajstić information content (AvgIpc) is 3.74. The Bertz CT molecular complexity index is 1940. The smallest absolute Gasteiger partial charge is 0.374 e. The lowest BCUT2D eigenvalue weighted by Crippen LogP contribution is -2.49. The molecule has 1 amide bonds. The van der Waals surface area contributed by atoms with Gasteiger partial charge in [0.1, 0.15) is 5.58 Å². The van der Waals surface area contributed by atoms with Gasteiger partial charge in [-0.25, -0.2) is 13.2 Å². The Labute approximate surface area is 267 Å². The number of carbonyl (C=O) groups excluding carboxylic acids is 2. The molecular formula is C35H35N3O7S. The van der Waals surface area contributed by atoms with Gasteiger partial charge in [0.25, 0.3) is 15.9 Å². The molecule has 5 aromatic rings. The van der Waals surface area contributed by atoms with Crippen molar-refractivity contribution in [2.45, 2.75) is 25.2 Å². The SMILES string of the molecule is CCOC(=O)c1oc2ccc(S(=O)(=O)N(CCc3ccccc3)c3ccccc3N3CCN(C(=O)c4ccco4)CC3)cc2c1C. The summed E-state index contributed by atoms with van der Waals surface area (Å²) in [7, 11) is -4.10. The quantitative estimate of drug-likeness (QED) is 0.173. The highest BCUT2D eigenvalue weighted by Crippen LogP contribution is 2.36. The first-order chi connectivity index (χ1) is 22.3. The van der Waals surface area contributed by atoms with E-state index in [1.54, 1.807) is 43.0 Å². The van der Waals surface area contributed by atoms with Crippen molar-refractivity contribution in [1.82, 2.24) is 4.90 Å². The number of piperazine rings is 1. The first kappa shape index (κ1) is 31.0. The number of para-hydroxylation sites is 2. The van der Waals surface area contributed by atoms with Crippen molar-refractivity contribution in [1.29, 1.82) is 0 Å². The summed E-state index contributed by atoms with van der Waals surface area (Å²) in [6, 6.07) is 25.2. The molecular weight excluding hydrogens is 606 g/mol. The first-order valence-electron chi connectivity index (χ1n) is 15.2. The van der Waals surface area contributed by atoms with Gasteiger partial charge in [0.2, 0.25) is 5.76 Å². The van der Waals surface area contributed by atoms with Crippen LogP contribution in [0, 0.1) is 6.92 Å². The van der Waals surface area contributed by atoms with Gasteiger partial charge in [0.05, 0.1) is 29.1 Å². The van der Waals surface area contributed by atoms with E-state index >= 15 is 0 Å². The molecule has 3 heterocycles. The minimum absolute atomic E-state index is 0.0577. The maximum absolute atomic E-state index is 14.6. The number of hydrogen-bond acceptors (Lipinski definition) is 8. The van der Waals surface area contributed by atoms with Crippen LogP contribution in [0.2, 0.25) is 0 Å². The van der Waals surface area contributed by atoms with Crippen LogP contribution < -0.4 is 9.21 Å². The number of furan rings is 2. The van der Waals surface area contributed by atoms with Gasteiger partial charge in [-0.1, -0.05) is 42.5 Å². The zero-order valence-electron chi connectivity index (χ0n) is 25.7. The molecule has 6 rings (SSSR count). The van der Waals surface area contributed by atoms with Crippen LogP contribution in [0.15, 0.2) is 105 Å². The number of ether oxygens (including phenoxy) is 1. The topological polar surface area (TPSA) is 114 Å². The number of nitrogens with zero attached hydrogens (tertiary/aromatic N) is 3. The van der Waals surface area contributed by atoms with Crippen molar-refractivity contribution in [2.75, 3.05) is 48.5 Å². The van der Waals surface area contributed by atoms with Crippen molar-refractivity contribution < 1.29 is 31.6 Å². The predicted octanol–water partition coefficient (Wildman–Crippen LogP) is 5.91. The second-order valence-electron chi connectivity index (χ2n) is 11.0. The van der Waals surface area contributed by atoms with E-state index < -0.39 is 16.0 Å². The molecule has 0 N–H and O–H groups in total. The number of rotatable bonds is 10. The van der Waals surface area contributed by atoms with Gasteiger partial charge in [-0.3, -0.25) is 9.10 Å². The van der Waals surface area contributed by atoms with Crippen LogP contribution >= 0.6 is 0 Å². The Hall–Kier alpha value is -5.03. The van der Waals surface area contributed by atoms with E-state index in [0.29, 0.717) is 60.6 Å². The van der Waals surface area contributed by atoms with Crippen LogP contribution in [0.3, 0.4) is 0 Å². The fourth-order valence-corrected chi connectivity index (χ4v) is 7.28. The summed E-state index contributed by atoms with van der Waals surface area (Å²) in [5.41, 5.74) is 3.22. The van der Waals surface area contributed by atoms with Crippen LogP contribution in [-0.4, -0.2) is 64.5 Å².